The second-order valence-electron chi connectivity index (χ2n) is 8.19. The summed E-state index contributed by atoms with van der Waals surface area (Å²) in [7, 11) is 0.608. The average molecular weight is 455 g/mol. The topological polar surface area (TPSA) is 0 Å². The molecule has 0 saturated heterocycles. The van der Waals surface area contributed by atoms with Gasteiger partial charge in [-0.1, -0.05) is 149 Å². The lowest BCUT2D eigenvalue weighted by molar-refractivity contribution is 0.513. The number of benzene rings is 4. The first-order valence-corrected chi connectivity index (χ1v) is 14.1. The van der Waals surface area contributed by atoms with Crippen LogP contribution in [-0.2, 0) is 0 Å². The molecule has 0 amide bonds. The first-order chi connectivity index (χ1) is 15.9. The van der Waals surface area contributed by atoms with Crippen LogP contribution in [0.4, 0.5) is 0 Å². The molecule has 0 atom stereocenters. The second-order valence-corrected chi connectivity index (χ2v) is 12.1. The van der Waals surface area contributed by atoms with Gasteiger partial charge in [0.25, 0.3) is 0 Å². The van der Waals surface area contributed by atoms with E-state index in [0.29, 0.717) is 0 Å². The SMILES string of the molecule is c1ccc(P(c2ccccc2)C2CCCCC2)cc1.c1ccc(Pc2ccccc2)cc1. The predicted octanol–water partition coefficient (Wildman–Crippen LogP) is 6.77. The third kappa shape index (κ3) is 6.87. The van der Waals surface area contributed by atoms with Crippen molar-refractivity contribution >= 4 is 37.7 Å². The van der Waals surface area contributed by atoms with Crippen molar-refractivity contribution in [3.05, 3.63) is 121 Å². The Kier molecular flexibility index (Phi) is 9.09. The van der Waals surface area contributed by atoms with Crippen LogP contribution in [-0.4, -0.2) is 5.66 Å². The maximum Gasteiger partial charge on any atom is -0.0129 e. The molecular weight excluding hydrogens is 422 g/mol. The molecule has 162 valence electrons. The predicted molar refractivity (Wildman–Crippen MR) is 146 cm³/mol. The van der Waals surface area contributed by atoms with Crippen molar-refractivity contribution in [1.29, 1.82) is 0 Å². The van der Waals surface area contributed by atoms with Gasteiger partial charge < -0.3 is 0 Å². The summed E-state index contributed by atoms with van der Waals surface area (Å²) in [6.45, 7) is 0. The molecule has 0 nitrogen and oxygen atoms in total. The van der Waals surface area contributed by atoms with Gasteiger partial charge in [-0.3, -0.25) is 0 Å². The third-order valence-corrected chi connectivity index (χ3v) is 10.0. The summed E-state index contributed by atoms with van der Waals surface area (Å²) in [6, 6.07) is 43.5. The van der Waals surface area contributed by atoms with E-state index < -0.39 is 0 Å². The van der Waals surface area contributed by atoms with Crippen LogP contribution in [0.2, 0.25) is 0 Å². The van der Waals surface area contributed by atoms with Crippen LogP contribution in [0.25, 0.3) is 0 Å². The Hall–Kier alpha value is -2.26. The van der Waals surface area contributed by atoms with Crippen LogP contribution in [0, 0.1) is 0 Å². The highest BCUT2D eigenvalue weighted by atomic mass is 31.1. The molecule has 0 bridgehead atoms. The van der Waals surface area contributed by atoms with E-state index in [9.17, 15) is 0 Å². The molecule has 32 heavy (non-hydrogen) atoms. The van der Waals surface area contributed by atoms with Gasteiger partial charge >= 0.3 is 0 Å². The standard InChI is InChI=1S/C18H21P.C12H11P/c1-4-10-16(11-5-1)19(17-12-6-2-7-13-17)18-14-8-3-9-15-18;1-3-7-11(8-4-1)13-12-9-5-2-6-10-12/h1-2,4-7,10-13,18H,3,8-9,14-15H2;1-10,13H. The van der Waals surface area contributed by atoms with Crippen molar-refractivity contribution in [2.75, 3.05) is 0 Å². The normalized spacial score (nSPS) is 13.9. The minimum Gasteiger partial charge on any atom is -0.0622 e. The van der Waals surface area contributed by atoms with Gasteiger partial charge in [-0.05, 0) is 47.6 Å². The number of rotatable bonds is 5. The van der Waals surface area contributed by atoms with Gasteiger partial charge in [0, 0.05) is 0 Å². The van der Waals surface area contributed by atoms with Gasteiger partial charge in [0.1, 0.15) is 0 Å². The van der Waals surface area contributed by atoms with Crippen molar-refractivity contribution in [2.24, 2.45) is 0 Å². The van der Waals surface area contributed by atoms with Gasteiger partial charge in [-0.25, -0.2) is 0 Å². The molecule has 4 aromatic rings. The largest absolute Gasteiger partial charge is 0.0622 e. The van der Waals surface area contributed by atoms with Crippen molar-refractivity contribution in [3.8, 4) is 0 Å². The van der Waals surface area contributed by atoms with Crippen LogP contribution < -0.4 is 21.2 Å². The second kappa shape index (κ2) is 12.7. The van der Waals surface area contributed by atoms with E-state index in [0.717, 1.165) is 14.2 Å². The highest BCUT2D eigenvalue weighted by Gasteiger charge is 2.25. The van der Waals surface area contributed by atoms with Gasteiger partial charge in [0.2, 0.25) is 0 Å². The monoisotopic (exact) mass is 454 g/mol. The van der Waals surface area contributed by atoms with Crippen molar-refractivity contribution in [2.45, 2.75) is 37.8 Å². The van der Waals surface area contributed by atoms with Crippen LogP contribution in [0.1, 0.15) is 32.1 Å². The van der Waals surface area contributed by atoms with E-state index in [1.54, 1.807) is 10.6 Å². The molecule has 0 unspecified atom stereocenters. The molecule has 1 fully saturated rings. The molecule has 0 N–H and O–H groups in total. The van der Waals surface area contributed by atoms with Gasteiger partial charge in [-0.2, -0.15) is 0 Å². The smallest absolute Gasteiger partial charge is 0.0129 e. The summed E-state index contributed by atoms with van der Waals surface area (Å²) in [4.78, 5) is 0. The fourth-order valence-corrected chi connectivity index (χ4v) is 8.36. The minimum absolute atomic E-state index is 0.169. The summed E-state index contributed by atoms with van der Waals surface area (Å²) < 4.78 is 0. The Balaban J connectivity index is 0.000000165. The first-order valence-electron chi connectivity index (χ1n) is 11.7. The zero-order chi connectivity index (χ0) is 21.8. The molecule has 1 aliphatic rings. The highest BCUT2D eigenvalue weighted by Crippen LogP contribution is 2.46. The minimum atomic E-state index is -0.169. The lowest BCUT2D eigenvalue weighted by Crippen LogP contribution is -2.23. The van der Waals surface area contributed by atoms with E-state index in [1.807, 2.05) is 0 Å². The van der Waals surface area contributed by atoms with Gasteiger partial charge in [-0.15, -0.1) is 0 Å². The first kappa shape index (κ1) is 22.9. The number of hydrogen-bond donors (Lipinski definition) is 0. The molecule has 0 heterocycles. The molecule has 0 radical (unpaired) electrons. The van der Waals surface area contributed by atoms with E-state index in [-0.39, 0.29) is 7.92 Å². The van der Waals surface area contributed by atoms with E-state index in [1.165, 1.54) is 42.7 Å². The van der Waals surface area contributed by atoms with Gasteiger partial charge in [0.05, 0.1) is 0 Å². The molecule has 1 aliphatic carbocycles. The number of hydrogen-bond acceptors (Lipinski definition) is 0. The summed E-state index contributed by atoms with van der Waals surface area (Å²) in [5.74, 6) is 0. The Labute approximate surface area is 196 Å². The molecule has 0 aliphatic heterocycles. The maximum absolute atomic E-state index is 2.33. The van der Waals surface area contributed by atoms with Crippen molar-refractivity contribution in [3.63, 3.8) is 0 Å². The quantitative estimate of drug-likeness (QED) is 0.292. The molecule has 5 rings (SSSR count). The Morgan fingerprint density at radius 3 is 1.25 bits per heavy atom. The van der Waals surface area contributed by atoms with E-state index in [4.69, 9.17) is 0 Å². The lowest BCUT2D eigenvalue weighted by atomic mass is 10.0. The van der Waals surface area contributed by atoms with Gasteiger partial charge in [0.15, 0.2) is 0 Å². The zero-order valence-corrected chi connectivity index (χ0v) is 20.5. The summed E-state index contributed by atoms with van der Waals surface area (Å²) in [6.07, 6.45) is 7.10. The summed E-state index contributed by atoms with van der Waals surface area (Å²) in [5, 5.41) is 5.90. The van der Waals surface area contributed by atoms with Crippen LogP contribution >= 0.6 is 16.5 Å². The molecular formula is C30H32P2. The van der Waals surface area contributed by atoms with Crippen LogP contribution in [0.3, 0.4) is 0 Å². The summed E-state index contributed by atoms with van der Waals surface area (Å²) >= 11 is 0. The fraction of sp³-hybridized carbons (Fsp3) is 0.200. The van der Waals surface area contributed by atoms with Crippen molar-refractivity contribution < 1.29 is 0 Å². The maximum atomic E-state index is 2.33. The summed E-state index contributed by atoms with van der Waals surface area (Å²) in [5.41, 5.74) is 0.883. The van der Waals surface area contributed by atoms with E-state index >= 15 is 0 Å². The van der Waals surface area contributed by atoms with E-state index in [2.05, 4.69) is 121 Å². The molecule has 1 saturated carbocycles. The highest BCUT2D eigenvalue weighted by molar-refractivity contribution is 7.73. The Bertz CT molecular complexity index is 934. The molecule has 0 spiro atoms. The molecule has 0 aromatic heterocycles. The Morgan fingerprint density at radius 2 is 0.844 bits per heavy atom. The Morgan fingerprint density at radius 1 is 0.469 bits per heavy atom. The molecule has 4 aromatic carbocycles. The fourth-order valence-electron chi connectivity index (χ4n) is 4.30. The average Bonchev–Trinajstić information content (AvgIpc) is 2.88. The third-order valence-electron chi connectivity index (χ3n) is 5.84. The van der Waals surface area contributed by atoms with Crippen LogP contribution in [0.5, 0.6) is 0 Å². The zero-order valence-electron chi connectivity index (χ0n) is 18.6. The van der Waals surface area contributed by atoms with Crippen molar-refractivity contribution in [1.82, 2.24) is 0 Å². The molecule has 2 heteroatoms. The lowest BCUT2D eigenvalue weighted by Gasteiger charge is -2.31. The van der Waals surface area contributed by atoms with Crippen LogP contribution in [0.15, 0.2) is 121 Å².